The molecule has 2 heterocycles. The molecule has 1 aliphatic heterocycles. The first kappa shape index (κ1) is 11.6. The van der Waals surface area contributed by atoms with Crippen LogP contribution in [0.15, 0.2) is 12.3 Å². The Balaban J connectivity index is 2.07. The highest BCUT2D eigenvalue weighted by Gasteiger charge is 2.25. The number of halogens is 1. The molecule has 1 aromatic heterocycles. The van der Waals surface area contributed by atoms with E-state index in [9.17, 15) is 0 Å². The zero-order chi connectivity index (χ0) is 11.4. The van der Waals surface area contributed by atoms with Crippen LogP contribution in [0, 0.1) is 0 Å². The van der Waals surface area contributed by atoms with E-state index in [2.05, 4.69) is 14.9 Å². The summed E-state index contributed by atoms with van der Waals surface area (Å²) in [6.07, 6.45) is 4.03. The molecule has 1 fully saturated rings. The van der Waals surface area contributed by atoms with Gasteiger partial charge in [0.15, 0.2) is 0 Å². The molecular formula is C11H16ClN3O. The lowest BCUT2D eigenvalue weighted by Gasteiger charge is -2.25. The number of rotatable bonds is 4. The van der Waals surface area contributed by atoms with Crippen molar-refractivity contribution in [2.45, 2.75) is 25.8 Å². The molecule has 16 heavy (non-hydrogen) atoms. The molecule has 1 aromatic rings. The highest BCUT2D eigenvalue weighted by Crippen LogP contribution is 2.24. The molecule has 0 amide bonds. The van der Waals surface area contributed by atoms with Crippen molar-refractivity contribution in [3.63, 3.8) is 0 Å². The van der Waals surface area contributed by atoms with Gasteiger partial charge in [-0.15, -0.1) is 0 Å². The van der Waals surface area contributed by atoms with Gasteiger partial charge < -0.3 is 9.64 Å². The smallest absolute Gasteiger partial charge is 0.224 e. The molecule has 2 rings (SSSR count). The Morgan fingerprint density at radius 1 is 1.62 bits per heavy atom. The summed E-state index contributed by atoms with van der Waals surface area (Å²) < 4.78 is 5.48. The minimum absolute atomic E-state index is 0.305. The van der Waals surface area contributed by atoms with Crippen molar-refractivity contribution < 1.29 is 4.74 Å². The van der Waals surface area contributed by atoms with Gasteiger partial charge in [-0.05, 0) is 37.4 Å². The minimum atomic E-state index is 0.305. The van der Waals surface area contributed by atoms with E-state index < -0.39 is 0 Å². The zero-order valence-electron chi connectivity index (χ0n) is 9.40. The van der Waals surface area contributed by atoms with Crippen molar-refractivity contribution in [2.24, 2.45) is 0 Å². The Kier molecular flexibility index (Phi) is 3.96. The third kappa shape index (κ3) is 2.62. The molecule has 0 N–H and O–H groups in total. The first-order valence-corrected chi connectivity index (χ1v) is 6.02. The summed E-state index contributed by atoms with van der Waals surface area (Å²) in [5.74, 6) is 0.905. The van der Waals surface area contributed by atoms with E-state index in [-0.39, 0.29) is 0 Å². The number of nitrogens with zero attached hydrogens (tertiary/aromatic N) is 3. The van der Waals surface area contributed by atoms with E-state index >= 15 is 0 Å². The summed E-state index contributed by atoms with van der Waals surface area (Å²) in [6, 6.07) is 2.32. The fourth-order valence-corrected chi connectivity index (χ4v) is 2.19. The molecule has 1 aliphatic rings. The minimum Gasteiger partial charge on any atom is -0.380 e. The molecule has 1 saturated heterocycles. The summed E-state index contributed by atoms with van der Waals surface area (Å²) in [6.45, 7) is 4.55. The van der Waals surface area contributed by atoms with E-state index in [0.717, 1.165) is 32.0 Å². The van der Waals surface area contributed by atoms with Crippen molar-refractivity contribution in [3.05, 3.63) is 17.5 Å². The molecule has 0 radical (unpaired) electrons. The van der Waals surface area contributed by atoms with Crippen molar-refractivity contribution >= 4 is 17.4 Å². The van der Waals surface area contributed by atoms with Gasteiger partial charge in [-0.2, -0.15) is 0 Å². The lowest BCUT2D eigenvalue weighted by molar-refractivity contribution is 0.134. The van der Waals surface area contributed by atoms with Gasteiger partial charge in [-0.25, -0.2) is 9.97 Å². The van der Waals surface area contributed by atoms with E-state index in [1.54, 1.807) is 6.20 Å². The van der Waals surface area contributed by atoms with Crippen LogP contribution < -0.4 is 4.90 Å². The van der Waals surface area contributed by atoms with Crippen LogP contribution in [0.4, 0.5) is 5.82 Å². The fraction of sp³-hybridized carbons (Fsp3) is 0.636. The first-order valence-electron chi connectivity index (χ1n) is 5.64. The zero-order valence-corrected chi connectivity index (χ0v) is 10.2. The molecule has 4 nitrogen and oxygen atoms in total. The van der Waals surface area contributed by atoms with Gasteiger partial charge in [0, 0.05) is 19.3 Å². The third-order valence-corrected chi connectivity index (χ3v) is 2.98. The SMILES string of the molecule is CCOCC1CCCN1c1ccnc(Cl)n1. The Labute approximate surface area is 101 Å². The maximum Gasteiger partial charge on any atom is 0.224 e. The molecular weight excluding hydrogens is 226 g/mol. The van der Waals surface area contributed by atoms with E-state index in [1.807, 2.05) is 13.0 Å². The van der Waals surface area contributed by atoms with Crippen molar-refractivity contribution in [1.82, 2.24) is 9.97 Å². The molecule has 88 valence electrons. The van der Waals surface area contributed by atoms with Crippen LogP contribution in [0.3, 0.4) is 0 Å². The molecule has 0 bridgehead atoms. The van der Waals surface area contributed by atoms with Gasteiger partial charge >= 0.3 is 0 Å². The van der Waals surface area contributed by atoms with Gasteiger partial charge in [-0.3, -0.25) is 0 Å². The third-order valence-electron chi connectivity index (χ3n) is 2.80. The molecule has 1 unspecified atom stereocenters. The second kappa shape index (κ2) is 5.46. The monoisotopic (exact) mass is 241 g/mol. The highest BCUT2D eigenvalue weighted by atomic mass is 35.5. The lowest BCUT2D eigenvalue weighted by Crippen LogP contribution is -2.33. The van der Waals surface area contributed by atoms with Crippen LogP contribution in [0.25, 0.3) is 0 Å². The van der Waals surface area contributed by atoms with Gasteiger partial charge in [0.25, 0.3) is 0 Å². The number of hydrogen-bond acceptors (Lipinski definition) is 4. The Morgan fingerprint density at radius 3 is 3.25 bits per heavy atom. The summed E-state index contributed by atoms with van der Waals surface area (Å²) in [5, 5.41) is 0.305. The quantitative estimate of drug-likeness (QED) is 0.757. The predicted octanol–water partition coefficient (Wildman–Crippen LogP) is 2.14. The first-order chi connectivity index (χ1) is 7.81. The second-order valence-corrected chi connectivity index (χ2v) is 4.17. The largest absolute Gasteiger partial charge is 0.380 e. The van der Waals surface area contributed by atoms with Crippen molar-refractivity contribution in [3.8, 4) is 0 Å². The van der Waals surface area contributed by atoms with Gasteiger partial charge in [0.2, 0.25) is 5.28 Å². The lowest BCUT2D eigenvalue weighted by atomic mass is 10.2. The molecule has 0 aromatic carbocycles. The predicted molar refractivity (Wildman–Crippen MR) is 63.9 cm³/mol. The van der Waals surface area contributed by atoms with Crippen LogP contribution in [0.5, 0.6) is 0 Å². The number of aromatic nitrogens is 2. The maximum atomic E-state index is 5.80. The molecule has 0 saturated carbocycles. The summed E-state index contributed by atoms with van der Waals surface area (Å²) in [5.41, 5.74) is 0. The Morgan fingerprint density at radius 2 is 2.50 bits per heavy atom. The van der Waals surface area contributed by atoms with Crippen LogP contribution in [-0.4, -0.2) is 35.8 Å². The van der Waals surface area contributed by atoms with E-state index in [4.69, 9.17) is 16.3 Å². The summed E-state index contributed by atoms with van der Waals surface area (Å²) in [4.78, 5) is 10.4. The highest BCUT2D eigenvalue weighted by molar-refractivity contribution is 6.28. The average molecular weight is 242 g/mol. The van der Waals surface area contributed by atoms with Gasteiger partial charge in [-0.1, -0.05) is 0 Å². The topological polar surface area (TPSA) is 38.2 Å². The Hall–Kier alpha value is -0.870. The van der Waals surface area contributed by atoms with Crippen LogP contribution in [-0.2, 0) is 4.74 Å². The van der Waals surface area contributed by atoms with Crippen molar-refractivity contribution in [1.29, 1.82) is 0 Å². The van der Waals surface area contributed by atoms with Crippen LogP contribution >= 0.6 is 11.6 Å². The average Bonchev–Trinajstić information content (AvgIpc) is 2.74. The van der Waals surface area contributed by atoms with E-state index in [1.165, 1.54) is 6.42 Å². The molecule has 5 heteroatoms. The molecule has 0 spiro atoms. The van der Waals surface area contributed by atoms with Gasteiger partial charge in [0.1, 0.15) is 5.82 Å². The maximum absolute atomic E-state index is 5.80. The second-order valence-electron chi connectivity index (χ2n) is 3.83. The Bertz CT molecular complexity index is 348. The number of anilines is 1. The summed E-state index contributed by atoms with van der Waals surface area (Å²) in [7, 11) is 0. The fourth-order valence-electron chi connectivity index (χ4n) is 2.05. The normalized spacial score (nSPS) is 20.4. The standard InChI is InChI=1S/C11H16ClN3O/c1-2-16-8-9-4-3-7-15(9)10-5-6-13-11(12)14-10/h5-6,9H,2-4,7-8H2,1H3. The molecule has 1 atom stereocenters. The van der Waals surface area contributed by atoms with Crippen LogP contribution in [0.2, 0.25) is 5.28 Å². The number of hydrogen-bond donors (Lipinski definition) is 0. The molecule has 0 aliphatic carbocycles. The summed E-state index contributed by atoms with van der Waals surface area (Å²) >= 11 is 5.80. The van der Waals surface area contributed by atoms with Crippen molar-refractivity contribution in [2.75, 3.05) is 24.7 Å². The number of ether oxygens (including phenoxy) is 1. The van der Waals surface area contributed by atoms with Crippen LogP contribution in [0.1, 0.15) is 19.8 Å². The van der Waals surface area contributed by atoms with Gasteiger partial charge in [0.05, 0.1) is 12.6 Å². The van der Waals surface area contributed by atoms with E-state index in [0.29, 0.717) is 11.3 Å².